The molecular weight excluding hydrogens is 1830 g/mol. The zero-order chi connectivity index (χ0) is 89.7. The summed E-state index contributed by atoms with van der Waals surface area (Å²) in [5.41, 5.74) is 1.18. The molecule has 13 aromatic rings. The Hall–Kier alpha value is -13.4. The van der Waals surface area contributed by atoms with Crippen LogP contribution in [0.2, 0.25) is 5.15 Å². The van der Waals surface area contributed by atoms with Gasteiger partial charge in [-0.1, -0.05) is 142 Å². The molecule has 0 fully saturated rings. The van der Waals surface area contributed by atoms with Gasteiger partial charge in [0.25, 0.3) is 34.2 Å². The Bertz CT molecular complexity index is 6030. The summed E-state index contributed by atoms with van der Waals surface area (Å²) < 4.78 is 35.1. The third kappa shape index (κ3) is 28.9. The number of ether oxygens (including phenoxy) is 2. The molecule has 13 rings (SSSR count). The first-order valence-corrected chi connectivity index (χ1v) is 40.8. The molecule has 0 bridgehead atoms. The van der Waals surface area contributed by atoms with Crippen LogP contribution in [0.25, 0.3) is 28.4 Å². The second-order valence-corrected chi connectivity index (χ2v) is 26.0. The van der Waals surface area contributed by atoms with Crippen molar-refractivity contribution in [3.63, 3.8) is 0 Å². The minimum Gasteiger partial charge on any atom is -0.870 e. The number of aromatic carboxylic acids is 1. The Balaban J connectivity index is 0.000000329. The Labute approximate surface area is 752 Å². The van der Waals surface area contributed by atoms with E-state index in [9.17, 15) is 73.6 Å². The SMILES string of the molecule is CCOC(=O)c1cnc(SC)nc1Cl.CCOC(=O)c1cnc(SC)nc1Nc1cccc([N+](=O)[O-])c1.CSc1ncc(C(=O)Nc2ccccc2)c(Nc2cccc([N+](=O)[O-])c2)n1.CSc1ncc(C(=O)O)c(Nc2cccc([N+](=O)[O-])c2)n1.O.O=c1c2cnc(-n3ccnc3)nc2n(-c2cccc([N+](=O)[O-])c2)c(=O)n1-c1ccccc1.[2H]CF.[2H]CI.[Li+].[OH-]. The van der Waals surface area contributed by atoms with Gasteiger partial charge in [0.15, 0.2) is 26.3 Å². The number of non-ortho nitro benzene ring substituents is 4. The number of carboxylic acids is 1. The summed E-state index contributed by atoms with van der Waals surface area (Å²) in [5.74, 6) is -1.85. The van der Waals surface area contributed by atoms with Gasteiger partial charge in [-0.25, -0.2) is 78.2 Å². The molecule has 0 spiro atoms. The second-order valence-electron chi connectivity index (χ2n) is 22.5. The van der Waals surface area contributed by atoms with E-state index in [4.69, 9.17) is 28.9 Å². The van der Waals surface area contributed by atoms with Crippen LogP contribution in [0.15, 0.2) is 238 Å². The predicted octanol–water partition coefficient (Wildman–Crippen LogP) is 11.4. The van der Waals surface area contributed by atoms with Crippen LogP contribution in [-0.4, -0.2) is 178 Å². The summed E-state index contributed by atoms with van der Waals surface area (Å²) in [7, 11) is -1.00. The molecule has 7 heterocycles. The minimum absolute atomic E-state index is 0. The van der Waals surface area contributed by atoms with Crippen molar-refractivity contribution in [3.8, 4) is 17.3 Å². The molecule has 0 aliphatic carbocycles. The smallest absolute Gasteiger partial charge is 0.870 e. The molecular formula is C75H70ClFILiN22O19S4. The summed E-state index contributed by atoms with van der Waals surface area (Å²) in [6.07, 6.45) is 18.5. The van der Waals surface area contributed by atoms with E-state index < -0.39 is 56.0 Å². The van der Waals surface area contributed by atoms with E-state index in [2.05, 4.69) is 76.1 Å². The van der Waals surface area contributed by atoms with E-state index in [0.717, 1.165) is 4.57 Å². The van der Waals surface area contributed by atoms with Gasteiger partial charge in [-0.2, -0.15) is 4.98 Å². The Morgan fingerprint density at radius 3 is 1.35 bits per heavy atom. The van der Waals surface area contributed by atoms with Crippen molar-refractivity contribution in [2.24, 2.45) is 0 Å². The van der Waals surface area contributed by atoms with Gasteiger partial charge in [0, 0.05) is 116 Å². The number of imidazole rings is 1. The van der Waals surface area contributed by atoms with Gasteiger partial charge in [0.2, 0.25) is 5.95 Å². The number of fused-ring (bicyclic) bond motifs is 1. The van der Waals surface area contributed by atoms with Crippen molar-refractivity contribution in [2.75, 3.05) is 71.6 Å². The van der Waals surface area contributed by atoms with Crippen LogP contribution in [0.3, 0.4) is 0 Å². The van der Waals surface area contributed by atoms with E-state index in [0.29, 0.717) is 60.6 Å². The first-order chi connectivity index (χ1) is 59.2. The number of nitrogens with zero attached hydrogens (tertiary/aromatic N) is 18. The fraction of sp³-hybridized carbons (Fsp3) is 0.133. The van der Waals surface area contributed by atoms with Gasteiger partial charge in [-0.15, -0.1) is 0 Å². The molecule has 0 aliphatic heterocycles. The topological polar surface area (TPSA) is 580 Å². The molecule has 41 nitrogen and oxygen atoms in total. The molecule has 0 unspecified atom stereocenters. The molecule has 640 valence electrons. The van der Waals surface area contributed by atoms with Gasteiger partial charge in [-0.3, -0.25) is 59.0 Å². The molecule has 0 radical (unpaired) electrons. The van der Waals surface area contributed by atoms with Crippen LogP contribution in [0.5, 0.6) is 0 Å². The van der Waals surface area contributed by atoms with Crippen molar-refractivity contribution >= 4 is 179 Å². The number of rotatable bonds is 24. The van der Waals surface area contributed by atoms with Gasteiger partial charge >= 0.3 is 42.5 Å². The average molecular weight is 1900 g/mol. The molecule has 0 saturated heterocycles. The maximum Gasteiger partial charge on any atom is 1.00 e. The van der Waals surface area contributed by atoms with Gasteiger partial charge < -0.3 is 46.8 Å². The number of nitrogens with one attached hydrogen (secondary N) is 4. The van der Waals surface area contributed by atoms with Gasteiger partial charge in [-0.05, 0) is 92.3 Å². The molecule has 6 aromatic carbocycles. The number of nitro benzene ring substituents is 4. The van der Waals surface area contributed by atoms with Crippen LogP contribution in [-0.2, 0) is 9.47 Å². The number of thioether (sulfide) groups is 4. The summed E-state index contributed by atoms with van der Waals surface area (Å²) in [6.45, 7) is 3.95. The number of amides is 1. The third-order valence-corrected chi connectivity index (χ3v) is 17.6. The van der Waals surface area contributed by atoms with Crippen molar-refractivity contribution in [3.05, 3.63) is 296 Å². The Kier molecular flexibility index (Phi) is 41.7. The van der Waals surface area contributed by atoms with Crippen LogP contribution >= 0.6 is 81.2 Å². The Morgan fingerprint density at radius 1 is 0.540 bits per heavy atom. The van der Waals surface area contributed by atoms with E-state index >= 15 is 0 Å². The molecule has 0 aliphatic rings. The predicted molar refractivity (Wildman–Crippen MR) is 470 cm³/mol. The number of hydrogen-bond donors (Lipinski definition) is 5. The zero-order valence-electron chi connectivity index (χ0n) is 67.7. The molecule has 0 saturated carbocycles. The molecule has 124 heavy (non-hydrogen) atoms. The number of anilines is 7. The zero-order valence-corrected chi connectivity index (χ0v) is 71.9. The van der Waals surface area contributed by atoms with Gasteiger partial charge in [0.1, 0.15) is 56.6 Å². The van der Waals surface area contributed by atoms with Crippen molar-refractivity contribution in [1.29, 1.82) is 0 Å². The summed E-state index contributed by atoms with van der Waals surface area (Å²) in [4.78, 5) is 161. The van der Waals surface area contributed by atoms with Crippen molar-refractivity contribution in [2.45, 2.75) is 34.5 Å². The quantitative estimate of drug-likeness (QED) is 0.00432. The third-order valence-electron chi connectivity index (χ3n) is 15.0. The minimum atomic E-state index is -1.18. The van der Waals surface area contributed by atoms with E-state index in [1.54, 1.807) is 105 Å². The monoisotopic (exact) mass is 1900 g/mol. The summed E-state index contributed by atoms with van der Waals surface area (Å²) in [6, 6.07) is 40.6. The fourth-order valence-electron chi connectivity index (χ4n) is 9.74. The number of carboxylic acid groups (broad SMARTS) is 1. The number of carbonyl (C=O) groups is 4. The van der Waals surface area contributed by atoms with Crippen molar-refractivity contribution < 1.29 is 90.4 Å². The standard InChI is InChI=1S/C21H13N7O4.C18H15N5O3S.C14H14N4O4S.C12H10N4O4S.C8H9ClN2O2S.CH3F.CH3I.Li.2H2O/c29-19-17-12-23-20(25-10-9-22-13-25)24-18(17)26(15-7-4-8-16(11-15)28(31)32)21(30)27(19)14-5-2-1-3-6-14;1-27-18-19-11-15(17(24)21-12-6-3-2-4-7-12)16(22-18)20-13-8-5-9-14(10-13)23(25)26;1-3-22-13(19)11-8-15-14(23-2)17-12(11)16-9-5-4-6-10(7-9)18(20)21;1-21-12-13-6-9(11(17)18)10(15-12)14-7-3-2-4-8(5-7)16(19)20;1-3-13-7(12)5-4-10-8(14-2)11-6(5)9;2*1-2;;;/h1-13H;2-11H,1H3,(H,21,24)(H,19,20,22);4-8H,3H2,1-2H3,(H,15,16,17);2-6H,1H3,(H,17,18)(H,13,14,15);4H,3H2,1-2H3;2*1H3;;2*1H2/q;;;;;;;+1;;/p-1/i;;;;;2*1D;;;. The molecule has 49 heteroatoms. The van der Waals surface area contributed by atoms with E-state index in [-0.39, 0.29) is 133 Å². The summed E-state index contributed by atoms with van der Waals surface area (Å²) >= 11 is 13.0. The fourth-order valence-corrected chi connectivity index (χ4v) is 11.4. The number of para-hydroxylation sites is 2. The maximum atomic E-state index is 13.6. The number of aromatic nitrogens is 14. The molecule has 8 N–H and O–H groups in total. The molecule has 7 aromatic heterocycles. The number of carbonyl (C=O) groups excluding carboxylic acids is 3. The number of benzene rings is 6. The first kappa shape index (κ1) is 99.4. The maximum absolute atomic E-state index is 13.6. The summed E-state index contributed by atoms with van der Waals surface area (Å²) in [5, 5.41) is 66.5. The van der Waals surface area contributed by atoms with E-state index in [1.165, 1.54) is 166 Å². The molecule has 1 amide bonds. The number of halogens is 3. The van der Waals surface area contributed by atoms with Crippen LogP contribution in [0.4, 0.5) is 67.3 Å². The largest absolute Gasteiger partial charge is 1.00 e. The van der Waals surface area contributed by atoms with Crippen LogP contribution in [0.1, 0.15) is 58.0 Å². The normalized spacial score (nSPS) is 10.1. The number of nitro groups is 4. The van der Waals surface area contributed by atoms with E-state index in [1.807, 2.05) is 53.3 Å². The van der Waals surface area contributed by atoms with Crippen molar-refractivity contribution in [1.82, 2.24) is 68.5 Å². The average Bonchev–Trinajstić information content (AvgIpc) is 1.28. The second kappa shape index (κ2) is 52.1. The Morgan fingerprint density at radius 2 is 0.927 bits per heavy atom. The first-order valence-electron chi connectivity index (χ1n) is 35.4. The number of esters is 2. The van der Waals surface area contributed by atoms with Crippen LogP contribution in [0, 0.1) is 40.5 Å². The number of alkyl halides is 2. The number of hydrogen-bond acceptors (Lipinski definition) is 35. The molecule has 0 atom stereocenters. The van der Waals surface area contributed by atoms with Gasteiger partial charge in [0.05, 0.1) is 52.8 Å². The van der Waals surface area contributed by atoms with Crippen LogP contribution < -0.4 is 51.4 Å².